The van der Waals surface area contributed by atoms with Gasteiger partial charge >= 0.3 is 0 Å². The summed E-state index contributed by atoms with van der Waals surface area (Å²) in [7, 11) is 0. The molecule has 3 aliphatic rings. The lowest BCUT2D eigenvalue weighted by Gasteiger charge is -2.38. The molecular formula is C27H43N3O5. The smallest absolute Gasteiger partial charge is 0.248 e. The Hall–Kier alpha value is -2.19. The van der Waals surface area contributed by atoms with Crippen molar-refractivity contribution in [1.29, 1.82) is 0 Å². The first kappa shape index (κ1) is 27.4. The molecule has 0 aliphatic carbocycles. The first-order valence-electron chi connectivity index (χ1n) is 13.2. The molecule has 0 aromatic carbocycles. The van der Waals surface area contributed by atoms with E-state index in [9.17, 15) is 19.5 Å². The van der Waals surface area contributed by atoms with Crippen molar-refractivity contribution in [3.05, 3.63) is 25.3 Å². The monoisotopic (exact) mass is 489 g/mol. The van der Waals surface area contributed by atoms with Gasteiger partial charge < -0.3 is 24.5 Å². The highest BCUT2D eigenvalue weighted by Gasteiger charge is 2.74. The minimum Gasteiger partial charge on any atom is -0.396 e. The van der Waals surface area contributed by atoms with Gasteiger partial charge in [-0.25, -0.2) is 0 Å². The van der Waals surface area contributed by atoms with Crippen LogP contribution in [-0.4, -0.2) is 94.1 Å². The molecule has 1 N–H and O–H groups in total. The second-order valence-corrected chi connectivity index (χ2v) is 10.3. The predicted octanol–water partition coefficient (Wildman–Crippen LogP) is 2.37. The number of fused-ring (bicyclic) bond motifs is 1. The molecule has 3 saturated heterocycles. The maximum Gasteiger partial charge on any atom is 0.248 e. The van der Waals surface area contributed by atoms with Crippen LogP contribution in [-0.2, 0) is 19.1 Å². The van der Waals surface area contributed by atoms with Crippen molar-refractivity contribution >= 4 is 17.7 Å². The van der Waals surface area contributed by atoms with E-state index >= 15 is 0 Å². The molecule has 0 aromatic rings. The Bertz CT molecular complexity index is 815. The molecule has 5 atom stereocenters. The van der Waals surface area contributed by atoms with Crippen molar-refractivity contribution in [2.75, 3.05) is 32.8 Å². The number of hydrogen-bond donors (Lipinski definition) is 1. The van der Waals surface area contributed by atoms with Gasteiger partial charge in [-0.15, -0.1) is 13.2 Å². The number of amides is 3. The average Bonchev–Trinajstić information content (AvgIpc) is 3.46. The maximum absolute atomic E-state index is 14.0. The van der Waals surface area contributed by atoms with Crippen molar-refractivity contribution in [3.63, 3.8) is 0 Å². The summed E-state index contributed by atoms with van der Waals surface area (Å²) in [5.41, 5.74) is -0.976. The predicted molar refractivity (Wildman–Crippen MR) is 134 cm³/mol. The normalized spacial score (nSPS) is 28.9. The van der Waals surface area contributed by atoms with Gasteiger partial charge in [0.25, 0.3) is 0 Å². The van der Waals surface area contributed by atoms with Crippen LogP contribution in [0.15, 0.2) is 25.3 Å². The molecule has 0 radical (unpaired) electrons. The van der Waals surface area contributed by atoms with Crippen LogP contribution < -0.4 is 0 Å². The van der Waals surface area contributed by atoms with Crippen LogP contribution in [0.1, 0.15) is 59.3 Å². The molecule has 0 saturated carbocycles. The molecular weight excluding hydrogens is 446 g/mol. The van der Waals surface area contributed by atoms with E-state index in [1.165, 1.54) is 0 Å². The SMILES string of the molecule is C=CCN(CCC)C(=O)[C@@H]1[C@@H]2CCC3(O2)C(C(=O)N(CC=C)C(C)C)N(CCCCCO)C(=O)[C@H]13. The van der Waals surface area contributed by atoms with Crippen LogP contribution in [0.3, 0.4) is 0 Å². The number of aliphatic hydroxyl groups excluding tert-OH is 1. The van der Waals surface area contributed by atoms with Gasteiger partial charge in [0, 0.05) is 38.8 Å². The van der Waals surface area contributed by atoms with Crippen LogP contribution in [0.2, 0.25) is 0 Å². The van der Waals surface area contributed by atoms with Crippen molar-refractivity contribution < 1.29 is 24.2 Å². The summed E-state index contributed by atoms with van der Waals surface area (Å²) in [5.74, 6) is -1.58. The van der Waals surface area contributed by atoms with E-state index in [1.54, 1.807) is 26.9 Å². The van der Waals surface area contributed by atoms with Crippen LogP contribution in [0, 0.1) is 11.8 Å². The molecule has 8 heteroatoms. The van der Waals surface area contributed by atoms with Crippen molar-refractivity contribution in [2.45, 2.75) is 83.1 Å². The molecule has 3 aliphatic heterocycles. The van der Waals surface area contributed by atoms with Crippen LogP contribution in [0.5, 0.6) is 0 Å². The van der Waals surface area contributed by atoms with E-state index in [-0.39, 0.29) is 36.5 Å². The fraction of sp³-hybridized carbons (Fsp3) is 0.741. The second kappa shape index (κ2) is 11.7. The van der Waals surface area contributed by atoms with Gasteiger partial charge in [-0.05, 0) is 52.4 Å². The zero-order chi connectivity index (χ0) is 25.8. The second-order valence-electron chi connectivity index (χ2n) is 10.3. The minimum absolute atomic E-state index is 0.0639. The Kier molecular flexibility index (Phi) is 9.16. The number of hydrogen-bond acceptors (Lipinski definition) is 5. The zero-order valence-electron chi connectivity index (χ0n) is 21.7. The fourth-order valence-corrected chi connectivity index (χ4v) is 6.30. The molecule has 2 unspecified atom stereocenters. The molecule has 0 aromatic heterocycles. The number of carbonyl (C=O) groups is 3. The molecule has 3 amide bonds. The third kappa shape index (κ3) is 4.92. The molecule has 3 heterocycles. The van der Waals surface area contributed by atoms with Gasteiger partial charge in [0.2, 0.25) is 17.7 Å². The van der Waals surface area contributed by atoms with E-state index in [0.717, 1.165) is 12.8 Å². The lowest BCUT2D eigenvalue weighted by molar-refractivity contribution is -0.149. The zero-order valence-corrected chi connectivity index (χ0v) is 21.7. The summed E-state index contributed by atoms with van der Waals surface area (Å²) in [5, 5.41) is 9.17. The topological polar surface area (TPSA) is 90.4 Å². The Morgan fingerprint density at radius 1 is 1.20 bits per heavy atom. The van der Waals surface area contributed by atoms with E-state index in [0.29, 0.717) is 51.9 Å². The number of nitrogens with zero attached hydrogens (tertiary/aromatic N) is 3. The first-order valence-corrected chi connectivity index (χ1v) is 13.2. The van der Waals surface area contributed by atoms with Gasteiger partial charge in [0.1, 0.15) is 11.6 Å². The lowest BCUT2D eigenvalue weighted by Crippen LogP contribution is -2.57. The first-order chi connectivity index (χ1) is 16.8. The van der Waals surface area contributed by atoms with Gasteiger partial charge in [-0.1, -0.05) is 19.1 Å². The molecule has 35 heavy (non-hydrogen) atoms. The molecule has 2 bridgehead atoms. The number of unbranched alkanes of at least 4 members (excludes halogenated alkanes) is 2. The third-order valence-electron chi connectivity index (χ3n) is 7.76. The highest BCUT2D eigenvalue weighted by atomic mass is 16.5. The van der Waals surface area contributed by atoms with Crippen LogP contribution in [0.4, 0.5) is 0 Å². The molecule has 8 nitrogen and oxygen atoms in total. The van der Waals surface area contributed by atoms with E-state index in [1.807, 2.05) is 20.8 Å². The molecule has 3 fully saturated rings. The highest BCUT2D eigenvalue weighted by molar-refractivity contribution is 5.99. The summed E-state index contributed by atoms with van der Waals surface area (Å²) in [6.45, 7) is 15.4. The van der Waals surface area contributed by atoms with Crippen LogP contribution in [0.25, 0.3) is 0 Å². The highest BCUT2D eigenvalue weighted by Crippen LogP contribution is 2.59. The summed E-state index contributed by atoms with van der Waals surface area (Å²) >= 11 is 0. The Morgan fingerprint density at radius 2 is 1.91 bits per heavy atom. The van der Waals surface area contributed by atoms with Gasteiger partial charge in [-0.3, -0.25) is 14.4 Å². The van der Waals surface area contributed by atoms with E-state index < -0.39 is 23.5 Å². The molecule has 3 rings (SSSR count). The summed E-state index contributed by atoms with van der Waals surface area (Å²) in [6, 6.07) is -0.815. The van der Waals surface area contributed by atoms with Crippen molar-refractivity contribution in [2.24, 2.45) is 11.8 Å². The van der Waals surface area contributed by atoms with Crippen LogP contribution >= 0.6 is 0 Å². The van der Waals surface area contributed by atoms with Gasteiger partial charge in [-0.2, -0.15) is 0 Å². The number of aliphatic hydroxyl groups is 1. The Morgan fingerprint density at radius 3 is 2.51 bits per heavy atom. The van der Waals surface area contributed by atoms with E-state index in [2.05, 4.69) is 13.2 Å². The fourth-order valence-electron chi connectivity index (χ4n) is 6.30. The van der Waals surface area contributed by atoms with E-state index in [4.69, 9.17) is 4.74 Å². The molecule has 1 spiro atoms. The number of rotatable bonds is 14. The Balaban J connectivity index is 1.99. The minimum atomic E-state index is -0.976. The van der Waals surface area contributed by atoms with Crippen molar-refractivity contribution in [3.8, 4) is 0 Å². The standard InChI is InChI=1S/C27H43N3O5/c1-6-14-28(15-7-2)24(32)21-20-12-13-27(35-20)22(21)25(33)30(17-10-9-11-18-31)23(27)26(34)29(16-8-3)19(4)5/h6,8,19-23,31H,1,3,7,9-18H2,2,4-5H3/t20-,21+,22-,23?,27?/m0/s1. The van der Waals surface area contributed by atoms with Crippen molar-refractivity contribution in [1.82, 2.24) is 14.7 Å². The number of ether oxygens (including phenoxy) is 1. The summed E-state index contributed by atoms with van der Waals surface area (Å²) in [4.78, 5) is 46.9. The lowest BCUT2D eigenvalue weighted by atomic mass is 9.70. The Labute approximate surface area is 210 Å². The third-order valence-corrected chi connectivity index (χ3v) is 7.76. The largest absolute Gasteiger partial charge is 0.396 e. The average molecular weight is 490 g/mol. The summed E-state index contributed by atoms with van der Waals surface area (Å²) in [6.07, 6.45) is 7.23. The maximum atomic E-state index is 14.0. The van der Waals surface area contributed by atoms with Gasteiger partial charge in [0.15, 0.2) is 0 Å². The quantitative estimate of drug-likeness (QED) is 0.299. The summed E-state index contributed by atoms with van der Waals surface area (Å²) < 4.78 is 6.54. The molecule has 196 valence electrons. The number of likely N-dealkylation sites (tertiary alicyclic amines) is 1. The number of carbonyl (C=O) groups excluding carboxylic acids is 3. The van der Waals surface area contributed by atoms with Gasteiger partial charge in [0.05, 0.1) is 17.9 Å².